The maximum atomic E-state index is 5.88. The molecule has 0 aromatic carbocycles. The van der Waals surface area contributed by atoms with Gasteiger partial charge in [0, 0.05) is 0 Å². The van der Waals surface area contributed by atoms with Gasteiger partial charge in [-0.05, 0) is 49.0 Å². The summed E-state index contributed by atoms with van der Waals surface area (Å²) >= 11 is 0. The summed E-state index contributed by atoms with van der Waals surface area (Å²) in [5, 5.41) is 0. The molecular weight excluding hydrogens is 171 g/mol. The van der Waals surface area contributed by atoms with Gasteiger partial charge in [-0.1, -0.05) is 0 Å². The van der Waals surface area contributed by atoms with Gasteiger partial charge in [-0.2, -0.15) is 0 Å². The predicted molar refractivity (Wildman–Crippen MR) is 55.1 cm³/mol. The van der Waals surface area contributed by atoms with Crippen LogP contribution in [0.4, 0.5) is 0 Å². The van der Waals surface area contributed by atoms with Crippen molar-refractivity contribution >= 4 is 8.45 Å². The molecule has 0 saturated heterocycles. The van der Waals surface area contributed by atoms with Gasteiger partial charge < -0.3 is 4.52 Å². The smallest absolute Gasteiger partial charge is 0.187 e. The fourth-order valence-corrected chi connectivity index (χ4v) is 2.30. The van der Waals surface area contributed by atoms with Crippen molar-refractivity contribution in [2.24, 2.45) is 0 Å². The summed E-state index contributed by atoms with van der Waals surface area (Å²) in [6.07, 6.45) is 0. The fraction of sp³-hybridized carbons (Fsp3) is 1.00. The van der Waals surface area contributed by atoms with Crippen molar-refractivity contribution in [1.82, 2.24) is 9.34 Å². The summed E-state index contributed by atoms with van der Waals surface area (Å²) < 4.78 is 10.1. The fourth-order valence-electron chi connectivity index (χ4n) is 0.766. The molecule has 0 atom stereocenters. The van der Waals surface area contributed by atoms with Gasteiger partial charge in [0.1, 0.15) is 0 Å². The van der Waals surface area contributed by atoms with E-state index in [4.69, 9.17) is 4.52 Å². The van der Waals surface area contributed by atoms with Crippen molar-refractivity contribution in [3.63, 3.8) is 0 Å². The van der Waals surface area contributed by atoms with Gasteiger partial charge in [0.2, 0.25) is 0 Å². The van der Waals surface area contributed by atoms with Crippen LogP contribution in [0.5, 0.6) is 0 Å². The molecule has 0 saturated carbocycles. The average Bonchev–Trinajstić information content (AvgIpc) is 1.79. The second kappa shape index (κ2) is 4.52. The molecule has 0 radical (unpaired) electrons. The van der Waals surface area contributed by atoms with E-state index >= 15 is 0 Å². The van der Waals surface area contributed by atoms with Gasteiger partial charge in [-0.15, -0.1) is 0 Å². The third-order valence-electron chi connectivity index (χ3n) is 1.04. The van der Waals surface area contributed by atoms with Crippen LogP contribution in [0.15, 0.2) is 0 Å². The third kappa shape index (κ3) is 5.04. The quantitative estimate of drug-likeness (QED) is 0.637. The molecule has 3 nitrogen and oxygen atoms in total. The Labute approximate surface area is 77.6 Å². The minimum absolute atomic E-state index is 0.0692. The zero-order valence-corrected chi connectivity index (χ0v) is 10.1. The predicted octanol–water partition coefficient (Wildman–Crippen LogP) is 2.15. The Morgan fingerprint density at radius 1 is 0.917 bits per heavy atom. The molecule has 0 aliphatic heterocycles. The molecule has 0 aliphatic rings. The van der Waals surface area contributed by atoms with Crippen LogP contribution in [0.3, 0.4) is 0 Å². The van der Waals surface area contributed by atoms with Crippen LogP contribution in [0.25, 0.3) is 0 Å². The summed E-state index contributed by atoms with van der Waals surface area (Å²) in [5.41, 5.74) is -0.0692. The lowest BCUT2D eigenvalue weighted by Crippen LogP contribution is -2.26. The van der Waals surface area contributed by atoms with Gasteiger partial charge in [0.05, 0.1) is 5.60 Å². The van der Waals surface area contributed by atoms with Crippen LogP contribution in [0.1, 0.15) is 20.8 Å². The molecule has 0 rings (SSSR count). The van der Waals surface area contributed by atoms with Crippen molar-refractivity contribution < 1.29 is 4.52 Å². The van der Waals surface area contributed by atoms with Crippen LogP contribution in [0, 0.1) is 0 Å². The first-order chi connectivity index (χ1) is 5.24. The zero-order valence-electron chi connectivity index (χ0n) is 9.25. The Morgan fingerprint density at radius 3 is 1.33 bits per heavy atom. The van der Waals surface area contributed by atoms with Crippen LogP contribution >= 0.6 is 8.45 Å². The highest BCUT2D eigenvalue weighted by molar-refractivity contribution is 7.47. The van der Waals surface area contributed by atoms with E-state index in [1.165, 1.54) is 0 Å². The number of hydrogen-bond donors (Lipinski definition) is 0. The van der Waals surface area contributed by atoms with Crippen LogP contribution in [0.2, 0.25) is 0 Å². The maximum absolute atomic E-state index is 5.88. The van der Waals surface area contributed by atoms with E-state index in [1.807, 2.05) is 28.2 Å². The second-order valence-corrected chi connectivity index (χ2v) is 6.44. The Hall–Kier alpha value is 0.310. The number of rotatable bonds is 3. The summed E-state index contributed by atoms with van der Waals surface area (Å²) in [5.74, 6) is 0. The van der Waals surface area contributed by atoms with E-state index in [9.17, 15) is 0 Å². The lowest BCUT2D eigenvalue weighted by Gasteiger charge is -2.34. The number of hydrogen-bond acceptors (Lipinski definition) is 3. The van der Waals surface area contributed by atoms with Crippen molar-refractivity contribution in [2.45, 2.75) is 26.4 Å². The first kappa shape index (κ1) is 12.3. The lowest BCUT2D eigenvalue weighted by atomic mass is 10.2. The monoisotopic (exact) mass is 192 g/mol. The van der Waals surface area contributed by atoms with Gasteiger partial charge in [-0.25, -0.2) is 0 Å². The van der Waals surface area contributed by atoms with Crippen LogP contribution < -0.4 is 0 Å². The normalized spacial score (nSPS) is 13.5. The standard InChI is InChI=1S/C8H21N2OP/c1-8(2,3)11-12(9(4)5)10(6)7/h1-7H3. The molecule has 0 aromatic heterocycles. The SMILES string of the molecule is CN(C)P(OC(C)(C)C)N(C)C. The zero-order chi connectivity index (χ0) is 9.94. The van der Waals surface area contributed by atoms with Crippen molar-refractivity contribution in [3.05, 3.63) is 0 Å². The van der Waals surface area contributed by atoms with Gasteiger partial charge in [0.15, 0.2) is 8.45 Å². The molecule has 0 amide bonds. The molecule has 0 aromatic rings. The highest BCUT2D eigenvalue weighted by Crippen LogP contribution is 2.44. The van der Waals surface area contributed by atoms with Crippen molar-refractivity contribution in [1.29, 1.82) is 0 Å². The number of nitrogens with zero attached hydrogens (tertiary/aromatic N) is 2. The van der Waals surface area contributed by atoms with E-state index in [0.29, 0.717) is 0 Å². The minimum Gasteiger partial charge on any atom is -0.326 e. The van der Waals surface area contributed by atoms with E-state index < -0.39 is 8.45 Å². The molecule has 0 spiro atoms. The molecule has 0 aliphatic carbocycles. The molecular formula is C8H21N2OP. The van der Waals surface area contributed by atoms with E-state index in [2.05, 4.69) is 30.1 Å². The molecule has 0 heterocycles. The van der Waals surface area contributed by atoms with Gasteiger partial charge >= 0.3 is 0 Å². The molecule has 0 fully saturated rings. The molecule has 0 bridgehead atoms. The third-order valence-corrected chi connectivity index (χ3v) is 3.12. The highest BCUT2D eigenvalue weighted by atomic mass is 31.2. The van der Waals surface area contributed by atoms with Crippen molar-refractivity contribution in [3.8, 4) is 0 Å². The Bertz CT molecular complexity index is 124. The molecule has 0 unspecified atom stereocenters. The first-order valence-electron chi connectivity index (χ1n) is 4.08. The summed E-state index contributed by atoms with van der Waals surface area (Å²) in [6.45, 7) is 6.24. The molecule has 12 heavy (non-hydrogen) atoms. The molecule has 4 heteroatoms. The van der Waals surface area contributed by atoms with E-state index in [1.54, 1.807) is 0 Å². The second-order valence-electron chi connectivity index (χ2n) is 4.15. The highest BCUT2D eigenvalue weighted by Gasteiger charge is 2.22. The Balaban J connectivity index is 4.15. The lowest BCUT2D eigenvalue weighted by molar-refractivity contribution is 0.128. The summed E-state index contributed by atoms with van der Waals surface area (Å²) in [4.78, 5) is 0. The average molecular weight is 192 g/mol. The van der Waals surface area contributed by atoms with E-state index in [-0.39, 0.29) is 5.60 Å². The van der Waals surface area contributed by atoms with Crippen LogP contribution in [-0.4, -0.2) is 43.1 Å². The van der Waals surface area contributed by atoms with Gasteiger partial charge in [0.25, 0.3) is 0 Å². The minimum atomic E-state index is -0.600. The topological polar surface area (TPSA) is 15.7 Å². The van der Waals surface area contributed by atoms with Crippen molar-refractivity contribution in [2.75, 3.05) is 28.2 Å². The maximum Gasteiger partial charge on any atom is 0.187 e. The molecule has 74 valence electrons. The first-order valence-corrected chi connectivity index (χ1v) is 5.24. The van der Waals surface area contributed by atoms with Crippen LogP contribution in [-0.2, 0) is 4.52 Å². The van der Waals surface area contributed by atoms with E-state index in [0.717, 1.165) is 0 Å². The van der Waals surface area contributed by atoms with Gasteiger partial charge in [-0.3, -0.25) is 9.34 Å². The molecule has 0 N–H and O–H groups in total. The summed E-state index contributed by atoms with van der Waals surface area (Å²) in [7, 11) is 7.56. The Morgan fingerprint density at radius 2 is 1.25 bits per heavy atom. The largest absolute Gasteiger partial charge is 0.326 e. The summed E-state index contributed by atoms with van der Waals surface area (Å²) in [6, 6.07) is 0. The Kier molecular flexibility index (Phi) is 4.64.